The molecule has 3 rings (SSSR count). The first-order chi connectivity index (χ1) is 13.0. The first-order valence-corrected chi connectivity index (χ1v) is 8.86. The van der Waals surface area contributed by atoms with Gasteiger partial charge in [0, 0.05) is 31.4 Å². The Balaban J connectivity index is 1.83. The van der Waals surface area contributed by atoms with Gasteiger partial charge in [-0.1, -0.05) is 19.1 Å². The third kappa shape index (κ3) is 4.47. The minimum absolute atomic E-state index is 0.0773. The van der Waals surface area contributed by atoms with Gasteiger partial charge in [-0.25, -0.2) is 4.98 Å². The van der Waals surface area contributed by atoms with Crippen molar-refractivity contribution in [3.05, 3.63) is 47.7 Å². The molecule has 7 heteroatoms. The lowest BCUT2D eigenvalue weighted by Gasteiger charge is -2.27. The molecule has 0 aliphatic carbocycles. The molecule has 2 aromatic rings. The van der Waals surface area contributed by atoms with Crippen LogP contribution in [-0.2, 0) is 6.54 Å². The number of alkyl halides is 2. The fourth-order valence-corrected chi connectivity index (χ4v) is 3.72. The highest BCUT2D eigenvalue weighted by molar-refractivity contribution is 5.47. The van der Waals surface area contributed by atoms with E-state index in [2.05, 4.69) is 21.5 Å². The smallest absolute Gasteiger partial charge is 0.388 e. The average Bonchev–Trinajstić information content (AvgIpc) is 3.01. The lowest BCUT2D eigenvalue weighted by molar-refractivity contribution is -0.0528. The Bertz CT molecular complexity index is 733. The summed E-state index contributed by atoms with van der Waals surface area (Å²) in [6, 6.07) is 9.18. The van der Waals surface area contributed by atoms with Crippen molar-refractivity contribution in [3.63, 3.8) is 0 Å². The van der Waals surface area contributed by atoms with E-state index in [1.807, 2.05) is 18.2 Å². The third-order valence-electron chi connectivity index (χ3n) is 4.80. The van der Waals surface area contributed by atoms with E-state index >= 15 is 0 Å². The third-order valence-corrected chi connectivity index (χ3v) is 4.80. The number of benzene rings is 1. The maximum atomic E-state index is 12.3. The zero-order valence-electron chi connectivity index (χ0n) is 15.7. The van der Waals surface area contributed by atoms with Crippen molar-refractivity contribution < 1.29 is 23.0 Å². The van der Waals surface area contributed by atoms with E-state index in [4.69, 9.17) is 9.47 Å². The highest BCUT2D eigenvalue weighted by atomic mass is 19.3. The second-order valence-electron chi connectivity index (χ2n) is 6.75. The van der Waals surface area contributed by atoms with Crippen LogP contribution in [0.3, 0.4) is 0 Å². The number of likely N-dealkylation sites (tertiary alicyclic amines) is 1. The summed E-state index contributed by atoms with van der Waals surface area (Å²) in [6.07, 6.45) is 2.56. The molecule has 1 saturated heterocycles. The van der Waals surface area contributed by atoms with Crippen LogP contribution in [0.25, 0.3) is 0 Å². The van der Waals surface area contributed by atoms with Gasteiger partial charge in [0.25, 0.3) is 0 Å². The van der Waals surface area contributed by atoms with Crippen LogP contribution in [0.1, 0.15) is 30.5 Å². The molecule has 1 fully saturated rings. The van der Waals surface area contributed by atoms with E-state index in [0.717, 1.165) is 35.6 Å². The number of nitrogens with zero attached hydrogens (tertiary/aromatic N) is 2. The predicted molar refractivity (Wildman–Crippen MR) is 97.3 cm³/mol. The van der Waals surface area contributed by atoms with Crippen molar-refractivity contribution in [2.75, 3.05) is 20.8 Å². The maximum Gasteiger partial charge on any atom is 0.388 e. The molecule has 146 valence electrons. The molecule has 5 nitrogen and oxygen atoms in total. The van der Waals surface area contributed by atoms with E-state index in [0.29, 0.717) is 12.5 Å². The molecule has 1 aliphatic heterocycles. The number of hydrogen-bond donors (Lipinski definition) is 0. The number of aromatic nitrogens is 1. The van der Waals surface area contributed by atoms with Crippen LogP contribution in [0.5, 0.6) is 17.4 Å². The molecule has 0 saturated carbocycles. The standard InChI is InChI=1S/C20H24F2N2O3/c1-13-9-15(19-16(25-2)5-4-6-17(19)26-3)24(11-13)12-14-7-8-18(23-10-14)27-20(21)22/h4-8,10,13,15,20H,9,11-12H2,1-3H3. The van der Waals surface area contributed by atoms with E-state index in [1.54, 1.807) is 26.5 Å². The SMILES string of the molecule is COc1cccc(OC)c1C1CC(C)CN1Cc1ccc(OC(F)F)nc1. The van der Waals surface area contributed by atoms with E-state index in [1.165, 1.54) is 6.07 Å². The fourth-order valence-electron chi connectivity index (χ4n) is 3.72. The van der Waals surface area contributed by atoms with Crippen LogP contribution in [0, 0.1) is 5.92 Å². The molecule has 0 bridgehead atoms. The van der Waals surface area contributed by atoms with Crippen molar-refractivity contribution in [2.45, 2.75) is 32.5 Å². The van der Waals surface area contributed by atoms with Gasteiger partial charge in [-0.2, -0.15) is 8.78 Å². The quantitative estimate of drug-likeness (QED) is 0.719. The molecule has 0 N–H and O–H groups in total. The number of pyridine rings is 1. The lowest BCUT2D eigenvalue weighted by atomic mass is 9.98. The first-order valence-electron chi connectivity index (χ1n) is 8.86. The molecule has 2 heterocycles. The van der Waals surface area contributed by atoms with Gasteiger partial charge in [0.05, 0.1) is 19.8 Å². The molecular formula is C20H24F2N2O3. The van der Waals surface area contributed by atoms with Gasteiger partial charge in [-0.15, -0.1) is 0 Å². The zero-order valence-corrected chi connectivity index (χ0v) is 15.7. The van der Waals surface area contributed by atoms with E-state index in [9.17, 15) is 8.78 Å². The van der Waals surface area contributed by atoms with Crippen LogP contribution < -0.4 is 14.2 Å². The van der Waals surface area contributed by atoms with E-state index < -0.39 is 6.61 Å². The molecule has 0 spiro atoms. The van der Waals surface area contributed by atoms with Gasteiger partial charge in [0.2, 0.25) is 5.88 Å². The van der Waals surface area contributed by atoms with Crippen molar-refractivity contribution in [3.8, 4) is 17.4 Å². The predicted octanol–water partition coefficient (Wildman–Crippen LogP) is 4.28. The van der Waals surface area contributed by atoms with Crippen LogP contribution in [-0.4, -0.2) is 37.3 Å². The number of methoxy groups -OCH3 is 2. The average molecular weight is 378 g/mol. The number of rotatable bonds is 7. The highest BCUT2D eigenvalue weighted by Crippen LogP contribution is 2.44. The molecule has 27 heavy (non-hydrogen) atoms. The normalized spacial score (nSPS) is 20.1. The Morgan fingerprint density at radius 3 is 2.41 bits per heavy atom. The fraction of sp³-hybridized carbons (Fsp3) is 0.450. The summed E-state index contributed by atoms with van der Waals surface area (Å²) in [4.78, 5) is 6.31. The van der Waals surface area contributed by atoms with Gasteiger partial charge in [0.15, 0.2) is 0 Å². The Kier molecular flexibility index (Phi) is 6.11. The minimum Gasteiger partial charge on any atom is -0.496 e. The largest absolute Gasteiger partial charge is 0.496 e. The van der Waals surface area contributed by atoms with Gasteiger partial charge < -0.3 is 14.2 Å². The second-order valence-corrected chi connectivity index (χ2v) is 6.75. The molecule has 2 atom stereocenters. The molecule has 1 aromatic carbocycles. The van der Waals surface area contributed by atoms with Crippen LogP contribution >= 0.6 is 0 Å². The molecular weight excluding hydrogens is 354 g/mol. The Morgan fingerprint density at radius 2 is 1.85 bits per heavy atom. The summed E-state index contributed by atoms with van der Waals surface area (Å²) in [5, 5.41) is 0. The summed E-state index contributed by atoms with van der Waals surface area (Å²) in [7, 11) is 3.32. The molecule has 1 aromatic heterocycles. The number of hydrogen-bond acceptors (Lipinski definition) is 5. The number of ether oxygens (including phenoxy) is 3. The van der Waals surface area contributed by atoms with Crippen molar-refractivity contribution in [1.29, 1.82) is 0 Å². The van der Waals surface area contributed by atoms with Crippen LogP contribution in [0.2, 0.25) is 0 Å². The Morgan fingerprint density at radius 1 is 1.15 bits per heavy atom. The molecule has 0 radical (unpaired) electrons. The van der Waals surface area contributed by atoms with Gasteiger partial charge in [0.1, 0.15) is 11.5 Å². The first kappa shape index (κ1) is 19.4. The second kappa shape index (κ2) is 8.52. The zero-order chi connectivity index (χ0) is 19.4. The minimum atomic E-state index is -2.87. The Hall–Kier alpha value is -2.41. The van der Waals surface area contributed by atoms with Crippen LogP contribution in [0.4, 0.5) is 8.78 Å². The summed E-state index contributed by atoms with van der Waals surface area (Å²) in [5.41, 5.74) is 1.97. The molecule has 0 amide bonds. The van der Waals surface area contributed by atoms with Crippen molar-refractivity contribution >= 4 is 0 Å². The monoisotopic (exact) mass is 378 g/mol. The van der Waals surface area contributed by atoms with Crippen molar-refractivity contribution in [2.24, 2.45) is 5.92 Å². The van der Waals surface area contributed by atoms with Gasteiger partial charge >= 0.3 is 6.61 Å². The topological polar surface area (TPSA) is 43.8 Å². The summed E-state index contributed by atoms with van der Waals surface area (Å²) in [5.74, 6) is 2.04. The molecule has 1 aliphatic rings. The maximum absolute atomic E-state index is 12.3. The van der Waals surface area contributed by atoms with Crippen molar-refractivity contribution in [1.82, 2.24) is 9.88 Å². The van der Waals surface area contributed by atoms with Gasteiger partial charge in [-0.3, -0.25) is 4.90 Å². The lowest BCUT2D eigenvalue weighted by Crippen LogP contribution is -2.24. The van der Waals surface area contributed by atoms with Gasteiger partial charge in [-0.05, 0) is 30.0 Å². The highest BCUT2D eigenvalue weighted by Gasteiger charge is 2.34. The summed E-state index contributed by atoms with van der Waals surface area (Å²) >= 11 is 0. The summed E-state index contributed by atoms with van der Waals surface area (Å²) < 4.78 is 40.0. The van der Waals surface area contributed by atoms with Crippen LogP contribution in [0.15, 0.2) is 36.5 Å². The molecule has 2 unspecified atom stereocenters. The summed E-state index contributed by atoms with van der Waals surface area (Å²) in [6.45, 7) is 0.914. The van der Waals surface area contributed by atoms with E-state index in [-0.39, 0.29) is 11.9 Å². The Labute approximate surface area is 157 Å². The number of halogens is 2.